The number of furan rings is 1. The summed E-state index contributed by atoms with van der Waals surface area (Å²) in [5, 5.41) is 0. The zero-order valence-corrected chi connectivity index (χ0v) is 18.5. The maximum atomic E-state index is 12.8. The lowest BCUT2D eigenvalue weighted by molar-refractivity contribution is -0.122. The monoisotopic (exact) mass is 455 g/mol. The Morgan fingerprint density at radius 2 is 1.72 bits per heavy atom. The third-order valence-electron chi connectivity index (χ3n) is 5.96. The molecule has 0 unspecified atom stereocenters. The van der Waals surface area contributed by atoms with Crippen LogP contribution in [0.25, 0.3) is 17.4 Å². The van der Waals surface area contributed by atoms with Gasteiger partial charge in [0.1, 0.15) is 23.1 Å². The minimum atomic E-state index is -3.53. The minimum absolute atomic E-state index is 0.0717. The lowest BCUT2D eigenvalue weighted by atomic mass is 10.2. The van der Waals surface area contributed by atoms with Gasteiger partial charge >= 0.3 is 0 Å². The van der Waals surface area contributed by atoms with Gasteiger partial charge in [-0.3, -0.25) is 9.69 Å². The summed E-state index contributed by atoms with van der Waals surface area (Å²) in [4.78, 5) is 19.2. The number of fused-ring (bicyclic) bond motifs is 1. The van der Waals surface area contributed by atoms with Crippen molar-refractivity contribution in [1.82, 2.24) is 9.21 Å². The van der Waals surface area contributed by atoms with Gasteiger partial charge in [-0.1, -0.05) is 6.42 Å². The van der Waals surface area contributed by atoms with Crippen molar-refractivity contribution in [2.45, 2.75) is 30.6 Å². The zero-order valence-electron chi connectivity index (χ0n) is 17.7. The Morgan fingerprint density at radius 3 is 2.50 bits per heavy atom. The molecular weight excluding hydrogens is 430 g/mol. The predicted molar refractivity (Wildman–Crippen MR) is 119 cm³/mol. The van der Waals surface area contributed by atoms with E-state index in [1.807, 2.05) is 6.07 Å². The highest BCUT2D eigenvalue weighted by molar-refractivity contribution is 7.89. The average Bonchev–Trinajstić information content (AvgIpc) is 3.31. The van der Waals surface area contributed by atoms with Gasteiger partial charge in [-0.2, -0.15) is 4.31 Å². The minimum Gasteiger partial charge on any atom is -0.457 e. The summed E-state index contributed by atoms with van der Waals surface area (Å²) in [6, 6.07) is 10.2. The number of nitrogens with zero attached hydrogens (tertiary/aromatic N) is 3. The van der Waals surface area contributed by atoms with Crippen molar-refractivity contribution >= 4 is 27.8 Å². The van der Waals surface area contributed by atoms with Crippen LogP contribution >= 0.6 is 0 Å². The summed E-state index contributed by atoms with van der Waals surface area (Å²) in [6.07, 6.45) is 5.67. The Kier molecular flexibility index (Phi) is 5.71. The van der Waals surface area contributed by atoms with E-state index in [4.69, 9.17) is 9.15 Å². The van der Waals surface area contributed by atoms with Gasteiger partial charge in [0.25, 0.3) is 5.91 Å². The fraction of sp³-hybridized carbons (Fsp3) is 0.391. The number of amides is 1. The summed E-state index contributed by atoms with van der Waals surface area (Å²) in [7, 11) is -3.53. The van der Waals surface area contributed by atoms with Crippen LogP contribution in [0.3, 0.4) is 0 Å². The van der Waals surface area contributed by atoms with Gasteiger partial charge in [0, 0.05) is 37.7 Å². The lowest BCUT2D eigenvalue weighted by Crippen LogP contribution is -2.40. The van der Waals surface area contributed by atoms with Crippen LogP contribution in [0.4, 0.5) is 0 Å². The second kappa shape index (κ2) is 8.65. The van der Waals surface area contributed by atoms with Crippen LogP contribution in [0.15, 0.2) is 56.4 Å². The van der Waals surface area contributed by atoms with Crippen molar-refractivity contribution in [3.8, 4) is 11.3 Å². The van der Waals surface area contributed by atoms with Crippen molar-refractivity contribution in [2.75, 3.05) is 32.8 Å². The van der Waals surface area contributed by atoms with Crippen LogP contribution in [-0.2, 0) is 19.6 Å². The molecule has 9 heteroatoms. The SMILES string of the molecule is O=C1C(=Cc2ccc(-c3ccc(S(=O)(=O)N4CCOCC4)cc3)o2)N=C2CCCCCN12. The van der Waals surface area contributed by atoms with Crippen molar-refractivity contribution in [2.24, 2.45) is 4.99 Å². The molecule has 5 rings (SSSR count). The van der Waals surface area contributed by atoms with Gasteiger partial charge in [0.15, 0.2) is 0 Å². The van der Waals surface area contributed by atoms with Gasteiger partial charge in [-0.05, 0) is 49.2 Å². The third-order valence-corrected chi connectivity index (χ3v) is 7.87. The maximum Gasteiger partial charge on any atom is 0.277 e. The molecule has 2 aromatic rings. The largest absolute Gasteiger partial charge is 0.457 e. The van der Waals surface area contributed by atoms with Crippen molar-refractivity contribution in [3.05, 3.63) is 47.9 Å². The van der Waals surface area contributed by atoms with Crippen molar-refractivity contribution < 1.29 is 22.4 Å². The molecule has 3 aliphatic rings. The Bertz CT molecular complexity index is 1170. The molecule has 4 heterocycles. The molecule has 32 heavy (non-hydrogen) atoms. The van der Waals surface area contributed by atoms with Crippen LogP contribution in [0.2, 0.25) is 0 Å². The van der Waals surface area contributed by atoms with Gasteiger partial charge in [-0.25, -0.2) is 13.4 Å². The van der Waals surface area contributed by atoms with E-state index >= 15 is 0 Å². The fourth-order valence-corrected chi connectivity index (χ4v) is 5.60. The summed E-state index contributed by atoms with van der Waals surface area (Å²) >= 11 is 0. The number of hydrogen-bond acceptors (Lipinski definition) is 6. The molecule has 0 saturated carbocycles. The van der Waals surface area contributed by atoms with Crippen LogP contribution < -0.4 is 0 Å². The average molecular weight is 456 g/mol. The van der Waals surface area contributed by atoms with E-state index in [-0.39, 0.29) is 10.8 Å². The molecule has 168 valence electrons. The lowest BCUT2D eigenvalue weighted by Gasteiger charge is -2.26. The normalized spacial score (nSPS) is 21.5. The maximum absolute atomic E-state index is 12.8. The second-order valence-electron chi connectivity index (χ2n) is 8.07. The quantitative estimate of drug-likeness (QED) is 0.661. The Labute approximate surface area is 187 Å². The molecule has 0 N–H and O–H groups in total. The fourth-order valence-electron chi connectivity index (χ4n) is 4.20. The van der Waals surface area contributed by atoms with Crippen LogP contribution in [0.1, 0.15) is 31.4 Å². The van der Waals surface area contributed by atoms with E-state index in [2.05, 4.69) is 4.99 Å². The number of morpholine rings is 1. The van der Waals surface area contributed by atoms with E-state index in [0.29, 0.717) is 43.5 Å². The molecule has 1 amide bonds. The summed E-state index contributed by atoms with van der Waals surface area (Å²) < 4.78 is 38.2. The number of rotatable bonds is 4. The number of amidine groups is 1. The first-order valence-corrected chi connectivity index (χ1v) is 12.4. The topological polar surface area (TPSA) is 92.4 Å². The first-order chi connectivity index (χ1) is 15.5. The first kappa shape index (κ1) is 21.1. The molecule has 2 saturated heterocycles. The summed E-state index contributed by atoms with van der Waals surface area (Å²) in [5.74, 6) is 1.91. The molecule has 0 radical (unpaired) electrons. The molecule has 1 aromatic carbocycles. The van der Waals surface area contributed by atoms with Crippen molar-refractivity contribution in [3.63, 3.8) is 0 Å². The third kappa shape index (κ3) is 4.03. The predicted octanol–water partition coefficient (Wildman–Crippen LogP) is 3.12. The summed E-state index contributed by atoms with van der Waals surface area (Å²) in [5.41, 5.74) is 1.16. The highest BCUT2D eigenvalue weighted by Gasteiger charge is 2.31. The summed E-state index contributed by atoms with van der Waals surface area (Å²) in [6.45, 7) is 2.26. The number of carbonyl (C=O) groups is 1. The molecule has 0 aliphatic carbocycles. The number of sulfonamides is 1. The molecule has 0 bridgehead atoms. The van der Waals surface area contributed by atoms with Crippen LogP contribution in [-0.4, -0.2) is 62.2 Å². The Morgan fingerprint density at radius 1 is 0.938 bits per heavy atom. The van der Waals surface area contributed by atoms with Gasteiger partial charge in [0.2, 0.25) is 10.0 Å². The molecular formula is C23H25N3O5S. The van der Waals surface area contributed by atoms with E-state index in [0.717, 1.165) is 43.6 Å². The van der Waals surface area contributed by atoms with Crippen molar-refractivity contribution in [1.29, 1.82) is 0 Å². The van der Waals surface area contributed by atoms with E-state index in [1.54, 1.807) is 41.3 Å². The van der Waals surface area contributed by atoms with Crippen LogP contribution in [0.5, 0.6) is 0 Å². The van der Waals surface area contributed by atoms with E-state index < -0.39 is 10.0 Å². The zero-order chi connectivity index (χ0) is 22.1. The van der Waals surface area contributed by atoms with Gasteiger partial charge in [-0.15, -0.1) is 0 Å². The standard InChI is InChI=1S/C23H25N3O5S/c27-23-20(24-22-4-2-1-3-11-26(22)23)16-18-7-10-21(31-18)17-5-8-19(9-6-17)32(28,29)25-12-14-30-15-13-25/h5-10,16H,1-4,11-15H2. The first-order valence-electron chi connectivity index (χ1n) is 10.9. The molecule has 0 atom stereocenters. The Balaban J connectivity index is 1.34. The Hall–Kier alpha value is -2.75. The van der Waals surface area contributed by atoms with Gasteiger partial charge < -0.3 is 9.15 Å². The number of ether oxygens (including phenoxy) is 1. The highest BCUT2D eigenvalue weighted by atomic mass is 32.2. The highest BCUT2D eigenvalue weighted by Crippen LogP contribution is 2.28. The number of carbonyl (C=O) groups excluding carboxylic acids is 1. The van der Waals surface area contributed by atoms with Gasteiger partial charge in [0.05, 0.1) is 18.1 Å². The number of hydrogen-bond donors (Lipinski definition) is 0. The molecule has 8 nitrogen and oxygen atoms in total. The number of aliphatic imine (C=N–C) groups is 1. The second-order valence-corrected chi connectivity index (χ2v) is 10.0. The number of benzene rings is 1. The van der Waals surface area contributed by atoms with E-state index in [1.165, 1.54) is 4.31 Å². The molecule has 1 aromatic heterocycles. The molecule has 0 spiro atoms. The molecule has 2 fully saturated rings. The molecule has 3 aliphatic heterocycles. The smallest absolute Gasteiger partial charge is 0.277 e. The van der Waals surface area contributed by atoms with Crippen LogP contribution in [0, 0.1) is 0 Å². The van der Waals surface area contributed by atoms with E-state index in [9.17, 15) is 13.2 Å².